The van der Waals surface area contributed by atoms with E-state index in [1.807, 2.05) is 0 Å². The Bertz CT molecular complexity index is 616. The summed E-state index contributed by atoms with van der Waals surface area (Å²) < 4.78 is 18.5. The van der Waals surface area contributed by atoms with Crippen LogP contribution in [-0.2, 0) is 6.42 Å². The first-order valence-electron chi connectivity index (χ1n) is 5.61. The van der Waals surface area contributed by atoms with Crippen molar-refractivity contribution >= 4 is 17.3 Å². The van der Waals surface area contributed by atoms with E-state index in [0.717, 1.165) is 0 Å². The summed E-state index contributed by atoms with van der Waals surface area (Å²) in [6, 6.07) is 6.23. The summed E-state index contributed by atoms with van der Waals surface area (Å²) in [6.07, 6.45) is 3.44. The van der Waals surface area contributed by atoms with Crippen molar-refractivity contribution in [3.8, 4) is 5.75 Å². The fourth-order valence-corrected chi connectivity index (χ4v) is 1.86. The molecule has 0 radical (unpaired) electrons. The van der Waals surface area contributed by atoms with Crippen LogP contribution in [0, 0.1) is 11.2 Å². The van der Waals surface area contributed by atoms with Gasteiger partial charge < -0.3 is 10.1 Å². The van der Waals surface area contributed by atoms with Crippen molar-refractivity contribution in [2.75, 3.05) is 7.11 Å². The van der Waals surface area contributed by atoms with Gasteiger partial charge >= 0.3 is 0 Å². The molecule has 0 unspecified atom stereocenters. The Hall–Kier alpha value is -1.94. The van der Waals surface area contributed by atoms with Crippen LogP contribution >= 0.6 is 11.6 Å². The van der Waals surface area contributed by atoms with Crippen LogP contribution in [0.15, 0.2) is 36.7 Å². The van der Waals surface area contributed by atoms with Gasteiger partial charge in [-0.25, -0.2) is 4.39 Å². The molecule has 0 aliphatic carbocycles. The summed E-state index contributed by atoms with van der Waals surface area (Å²) in [7, 11) is 1.52. The van der Waals surface area contributed by atoms with E-state index in [-0.39, 0.29) is 5.02 Å². The molecule has 98 valence electrons. The maximum Gasteiger partial charge on any atom is 0.146 e. The van der Waals surface area contributed by atoms with E-state index in [0.29, 0.717) is 29.0 Å². The van der Waals surface area contributed by atoms with Gasteiger partial charge in [-0.15, -0.1) is 0 Å². The third kappa shape index (κ3) is 3.09. The number of halogens is 2. The van der Waals surface area contributed by atoms with E-state index in [1.165, 1.54) is 19.2 Å². The number of nitrogens with one attached hydrogen (secondary N) is 1. The average Bonchev–Trinajstić information content (AvgIpc) is 2.43. The van der Waals surface area contributed by atoms with E-state index >= 15 is 0 Å². The topological polar surface area (TPSA) is 46.0 Å². The van der Waals surface area contributed by atoms with E-state index in [2.05, 4.69) is 4.98 Å². The lowest BCUT2D eigenvalue weighted by Gasteiger charge is -2.09. The van der Waals surface area contributed by atoms with Gasteiger partial charge in [0.2, 0.25) is 0 Å². The molecule has 5 heteroatoms. The van der Waals surface area contributed by atoms with E-state index in [9.17, 15) is 4.39 Å². The number of aromatic nitrogens is 1. The maximum atomic E-state index is 13.3. The molecular weight excluding hydrogens is 267 g/mol. The van der Waals surface area contributed by atoms with Gasteiger partial charge in [0.15, 0.2) is 0 Å². The van der Waals surface area contributed by atoms with Gasteiger partial charge in [-0.2, -0.15) is 0 Å². The van der Waals surface area contributed by atoms with Crippen LogP contribution in [0.4, 0.5) is 4.39 Å². The minimum Gasteiger partial charge on any atom is -0.494 e. The molecule has 19 heavy (non-hydrogen) atoms. The smallest absolute Gasteiger partial charge is 0.146 e. The lowest BCUT2D eigenvalue weighted by molar-refractivity contribution is 0.412. The molecule has 2 rings (SSSR count). The SMILES string of the molecule is COc1cnccc1C(=N)Cc1ccc(Cl)c(F)c1. The molecule has 0 aliphatic heterocycles. The van der Waals surface area contributed by atoms with Crippen molar-refractivity contribution < 1.29 is 9.13 Å². The van der Waals surface area contributed by atoms with Crippen LogP contribution in [0.1, 0.15) is 11.1 Å². The van der Waals surface area contributed by atoms with Crippen LogP contribution in [0.25, 0.3) is 0 Å². The lowest BCUT2D eigenvalue weighted by Crippen LogP contribution is -2.06. The predicted molar refractivity (Wildman–Crippen MR) is 72.7 cm³/mol. The molecule has 1 N–H and O–H groups in total. The molecule has 0 bridgehead atoms. The zero-order chi connectivity index (χ0) is 13.8. The molecule has 0 spiro atoms. The second-order valence-corrected chi connectivity index (χ2v) is 4.39. The van der Waals surface area contributed by atoms with Crippen LogP contribution in [0.2, 0.25) is 5.02 Å². The van der Waals surface area contributed by atoms with Gasteiger partial charge in [0.05, 0.1) is 18.3 Å². The van der Waals surface area contributed by atoms with E-state index in [4.69, 9.17) is 21.7 Å². The van der Waals surface area contributed by atoms with Crippen molar-refractivity contribution in [1.29, 1.82) is 5.41 Å². The van der Waals surface area contributed by atoms with Gasteiger partial charge in [-0.3, -0.25) is 4.98 Å². The molecule has 0 saturated carbocycles. The average molecular weight is 279 g/mol. The number of benzene rings is 1. The molecule has 0 atom stereocenters. The van der Waals surface area contributed by atoms with Crippen molar-refractivity contribution in [3.63, 3.8) is 0 Å². The number of hydrogen-bond donors (Lipinski definition) is 1. The summed E-state index contributed by atoms with van der Waals surface area (Å²) in [6.45, 7) is 0. The molecule has 0 aliphatic rings. The number of nitrogens with zero attached hydrogens (tertiary/aromatic N) is 1. The first kappa shape index (κ1) is 13.5. The minimum absolute atomic E-state index is 0.0803. The Balaban J connectivity index is 2.23. The Labute approximate surface area is 115 Å². The van der Waals surface area contributed by atoms with Gasteiger partial charge in [0, 0.05) is 23.9 Å². The standard InChI is InChI=1S/C14H12ClFN2O/c1-19-14-8-18-5-4-10(14)13(17)7-9-2-3-11(15)12(16)6-9/h2-6,8,17H,7H2,1H3. The zero-order valence-corrected chi connectivity index (χ0v) is 11.0. The largest absolute Gasteiger partial charge is 0.494 e. The highest BCUT2D eigenvalue weighted by molar-refractivity contribution is 6.30. The highest BCUT2D eigenvalue weighted by Gasteiger charge is 2.10. The number of hydrogen-bond acceptors (Lipinski definition) is 3. The molecule has 3 nitrogen and oxygen atoms in total. The van der Waals surface area contributed by atoms with Gasteiger partial charge in [0.25, 0.3) is 0 Å². The molecule has 0 fully saturated rings. The molecule has 1 aromatic heterocycles. The predicted octanol–water partition coefficient (Wildman–Crippen LogP) is 3.49. The van der Waals surface area contributed by atoms with Crippen LogP contribution in [0.5, 0.6) is 5.75 Å². The molecule has 1 aromatic carbocycles. The summed E-state index contributed by atoms with van der Waals surface area (Å²) in [5.41, 5.74) is 1.67. The second kappa shape index (κ2) is 5.80. The van der Waals surface area contributed by atoms with E-state index in [1.54, 1.807) is 24.5 Å². The third-order valence-electron chi connectivity index (χ3n) is 2.69. The fourth-order valence-electron chi connectivity index (χ4n) is 1.74. The van der Waals surface area contributed by atoms with Crippen molar-refractivity contribution in [2.24, 2.45) is 0 Å². The Morgan fingerprint density at radius 3 is 2.89 bits per heavy atom. The van der Waals surface area contributed by atoms with Crippen LogP contribution in [-0.4, -0.2) is 17.8 Å². The molecule has 1 heterocycles. The van der Waals surface area contributed by atoms with Crippen molar-refractivity contribution in [3.05, 3.63) is 58.6 Å². The Morgan fingerprint density at radius 2 is 2.21 bits per heavy atom. The normalized spacial score (nSPS) is 10.3. The highest BCUT2D eigenvalue weighted by atomic mass is 35.5. The number of rotatable bonds is 4. The van der Waals surface area contributed by atoms with Crippen LogP contribution < -0.4 is 4.74 Å². The first-order valence-corrected chi connectivity index (χ1v) is 5.99. The van der Waals surface area contributed by atoms with Crippen LogP contribution in [0.3, 0.4) is 0 Å². The van der Waals surface area contributed by atoms with Crippen molar-refractivity contribution in [1.82, 2.24) is 4.98 Å². The monoisotopic (exact) mass is 278 g/mol. The fraction of sp³-hybridized carbons (Fsp3) is 0.143. The molecule has 2 aromatic rings. The Morgan fingerprint density at radius 1 is 1.42 bits per heavy atom. The first-order chi connectivity index (χ1) is 9.11. The number of pyridine rings is 1. The quantitative estimate of drug-likeness (QED) is 0.870. The summed E-state index contributed by atoms with van der Waals surface area (Å²) in [5.74, 6) is 0.0515. The van der Waals surface area contributed by atoms with Crippen molar-refractivity contribution in [2.45, 2.75) is 6.42 Å². The summed E-state index contributed by atoms with van der Waals surface area (Å²) in [4.78, 5) is 3.93. The Kier molecular flexibility index (Phi) is 4.12. The maximum absolute atomic E-state index is 13.3. The van der Waals surface area contributed by atoms with Gasteiger partial charge in [0.1, 0.15) is 11.6 Å². The highest BCUT2D eigenvalue weighted by Crippen LogP contribution is 2.20. The third-order valence-corrected chi connectivity index (χ3v) is 3.00. The second-order valence-electron chi connectivity index (χ2n) is 3.98. The summed E-state index contributed by atoms with van der Waals surface area (Å²) >= 11 is 5.62. The van der Waals surface area contributed by atoms with Gasteiger partial charge in [-0.05, 0) is 23.8 Å². The number of methoxy groups -OCH3 is 1. The molecule has 0 saturated heterocycles. The lowest BCUT2D eigenvalue weighted by atomic mass is 10.0. The molecule has 0 amide bonds. The van der Waals surface area contributed by atoms with Gasteiger partial charge in [-0.1, -0.05) is 17.7 Å². The number of ether oxygens (including phenoxy) is 1. The molecular formula is C14H12ClFN2O. The van der Waals surface area contributed by atoms with E-state index < -0.39 is 5.82 Å². The minimum atomic E-state index is -0.478. The summed E-state index contributed by atoms with van der Waals surface area (Å²) in [5, 5.41) is 8.15. The zero-order valence-electron chi connectivity index (χ0n) is 10.3.